The molecule has 1 N–H and O–H groups in total. The minimum absolute atomic E-state index is 0.154. The van der Waals surface area contributed by atoms with Crippen LogP contribution in [0.15, 0.2) is 29.4 Å². The van der Waals surface area contributed by atoms with Crippen LogP contribution in [-0.2, 0) is 20.9 Å². The zero-order valence-corrected chi connectivity index (χ0v) is 21.2. The number of amides is 1. The van der Waals surface area contributed by atoms with Crippen LogP contribution in [0.5, 0.6) is 0 Å². The van der Waals surface area contributed by atoms with Crippen LogP contribution in [0.3, 0.4) is 0 Å². The quantitative estimate of drug-likeness (QED) is 0.412. The Kier molecular flexibility index (Phi) is 6.64. The lowest BCUT2D eigenvalue weighted by atomic mass is 9.49. The van der Waals surface area contributed by atoms with E-state index in [4.69, 9.17) is 16.3 Å². The van der Waals surface area contributed by atoms with Gasteiger partial charge in [-0.15, -0.1) is 10.2 Å². The van der Waals surface area contributed by atoms with Gasteiger partial charge in [-0.3, -0.25) is 14.2 Å². The molecule has 1 unspecified atom stereocenters. The van der Waals surface area contributed by atoms with Crippen molar-refractivity contribution in [2.45, 2.75) is 69.3 Å². The van der Waals surface area contributed by atoms with E-state index in [0.29, 0.717) is 40.4 Å². The van der Waals surface area contributed by atoms with E-state index in [0.717, 1.165) is 24.9 Å². The Labute approximate surface area is 209 Å². The highest BCUT2D eigenvalue weighted by Gasteiger charge is 2.54. The Morgan fingerprint density at radius 3 is 2.50 bits per heavy atom. The molecule has 182 valence electrons. The Morgan fingerprint density at radius 2 is 1.88 bits per heavy atom. The third-order valence-corrected chi connectivity index (χ3v) is 8.85. The Morgan fingerprint density at radius 1 is 1.21 bits per heavy atom. The highest BCUT2D eigenvalue weighted by Crippen LogP contribution is 2.60. The number of hydrogen-bond donors (Lipinski definition) is 1. The molecule has 7 nitrogen and oxygen atoms in total. The van der Waals surface area contributed by atoms with E-state index in [-0.39, 0.29) is 23.8 Å². The van der Waals surface area contributed by atoms with Gasteiger partial charge in [0.25, 0.3) is 0 Å². The molecule has 4 aliphatic rings. The third-order valence-electron chi connectivity index (χ3n) is 7.59. The number of esters is 1. The van der Waals surface area contributed by atoms with Crippen molar-refractivity contribution in [3.05, 3.63) is 35.1 Å². The average Bonchev–Trinajstić information content (AvgIpc) is 3.19. The van der Waals surface area contributed by atoms with E-state index < -0.39 is 5.25 Å². The molecule has 0 radical (unpaired) electrons. The molecule has 4 aliphatic carbocycles. The predicted molar refractivity (Wildman–Crippen MR) is 131 cm³/mol. The molecule has 6 rings (SSSR count). The first kappa shape index (κ1) is 23.7. The van der Waals surface area contributed by atoms with Gasteiger partial charge in [0.2, 0.25) is 5.91 Å². The fourth-order valence-corrected chi connectivity index (χ4v) is 7.64. The maximum absolute atomic E-state index is 13.5. The van der Waals surface area contributed by atoms with Crippen molar-refractivity contribution in [1.29, 1.82) is 0 Å². The number of carbonyl (C=O) groups excluding carboxylic acids is 2. The van der Waals surface area contributed by atoms with Crippen molar-refractivity contribution >= 4 is 35.2 Å². The first-order valence-corrected chi connectivity index (χ1v) is 13.4. The van der Waals surface area contributed by atoms with Gasteiger partial charge in [0.05, 0.1) is 18.8 Å². The van der Waals surface area contributed by atoms with Crippen LogP contribution in [0.25, 0.3) is 5.69 Å². The summed E-state index contributed by atoms with van der Waals surface area (Å²) in [6.07, 6.45) is 6.95. The van der Waals surface area contributed by atoms with Crippen LogP contribution in [0.2, 0.25) is 5.02 Å². The first-order chi connectivity index (χ1) is 16.4. The van der Waals surface area contributed by atoms with Gasteiger partial charge in [0.15, 0.2) is 11.0 Å². The molecule has 1 atom stereocenters. The normalized spacial score (nSPS) is 28.0. The van der Waals surface area contributed by atoms with Crippen molar-refractivity contribution in [1.82, 2.24) is 20.1 Å². The SMILES string of the molecule is CCOC(=O)C(C)Sc1nnc(CNC(=O)C23CC4CC(CC(C4)C2)C3)n1-c1cccc(Cl)c1. The molecule has 1 heterocycles. The maximum Gasteiger partial charge on any atom is 0.319 e. The summed E-state index contributed by atoms with van der Waals surface area (Å²) in [7, 11) is 0. The molecule has 34 heavy (non-hydrogen) atoms. The van der Waals surface area contributed by atoms with Gasteiger partial charge in [-0.1, -0.05) is 29.4 Å². The first-order valence-electron chi connectivity index (χ1n) is 12.2. The minimum atomic E-state index is -0.448. The molecule has 1 aromatic carbocycles. The topological polar surface area (TPSA) is 86.1 Å². The van der Waals surface area contributed by atoms with E-state index in [2.05, 4.69) is 15.5 Å². The van der Waals surface area contributed by atoms with E-state index in [1.807, 2.05) is 22.8 Å². The molecule has 4 bridgehead atoms. The lowest BCUT2D eigenvalue weighted by Crippen LogP contribution is -2.53. The van der Waals surface area contributed by atoms with Crippen molar-refractivity contribution < 1.29 is 14.3 Å². The molecular weight excluding hydrogens is 472 g/mol. The van der Waals surface area contributed by atoms with Crippen LogP contribution < -0.4 is 5.32 Å². The van der Waals surface area contributed by atoms with Crippen LogP contribution in [0.1, 0.15) is 58.2 Å². The van der Waals surface area contributed by atoms with E-state index in [1.165, 1.54) is 31.0 Å². The smallest absolute Gasteiger partial charge is 0.319 e. The Hall–Kier alpha value is -2.06. The van der Waals surface area contributed by atoms with E-state index >= 15 is 0 Å². The summed E-state index contributed by atoms with van der Waals surface area (Å²) in [5.41, 5.74) is 0.571. The van der Waals surface area contributed by atoms with Crippen LogP contribution in [0, 0.1) is 23.2 Å². The third kappa shape index (κ3) is 4.59. The fraction of sp³-hybridized carbons (Fsp3) is 0.600. The van der Waals surface area contributed by atoms with Gasteiger partial charge in [0, 0.05) is 10.4 Å². The van der Waals surface area contributed by atoms with E-state index in [9.17, 15) is 9.59 Å². The number of rotatable bonds is 8. The Bertz CT molecular complexity index is 1050. The summed E-state index contributed by atoms with van der Waals surface area (Å²) in [6.45, 7) is 4.17. The van der Waals surface area contributed by atoms with Crippen molar-refractivity contribution in [3.8, 4) is 5.69 Å². The molecule has 2 aromatic rings. The molecule has 0 spiro atoms. The summed E-state index contributed by atoms with van der Waals surface area (Å²) in [6, 6.07) is 7.41. The van der Waals surface area contributed by atoms with Gasteiger partial charge in [-0.25, -0.2) is 0 Å². The molecule has 4 fully saturated rings. The minimum Gasteiger partial charge on any atom is -0.465 e. The number of ether oxygens (including phenoxy) is 1. The van der Waals surface area contributed by atoms with Gasteiger partial charge in [-0.2, -0.15) is 0 Å². The van der Waals surface area contributed by atoms with Crippen molar-refractivity contribution in [2.24, 2.45) is 23.2 Å². The zero-order valence-electron chi connectivity index (χ0n) is 19.6. The van der Waals surface area contributed by atoms with Gasteiger partial charge in [-0.05, 0) is 88.3 Å². The average molecular weight is 503 g/mol. The number of aromatic nitrogens is 3. The van der Waals surface area contributed by atoms with Crippen LogP contribution in [-0.4, -0.2) is 38.5 Å². The summed E-state index contributed by atoms with van der Waals surface area (Å²) in [4.78, 5) is 25.7. The second kappa shape index (κ2) is 9.53. The van der Waals surface area contributed by atoms with Crippen LogP contribution in [0.4, 0.5) is 0 Å². The second-order valence-corrected chi connectivity index (χ2v) is 11.9. The highest BCUT2D eigenvalue weighted by atomic mass is 35.5. The predicted octanol–water partition coefficient (Wildman–Crippen LogP) is 4.80. The largest absolute Gasteiger partial charge is 0.465 e. The van der Waals surface area contributed by atoms with Gasteiger partial charge in [0.1, 0.15) is 5.25 Å². The molecule has 9 heteroatoms. The monoisotopic (exact) mass is 502 g/mol. The van der Waals surface area contributed by atoms with Crippen molar-refractivity contribution in [2.75, 3.05) is 6.61 Å². The van der Waals surface area contributed by atoms with Crippen LogP contribution >= 0.6 is 23.4 Å². The number of halogens is 1. The van der Waals surface area contributed by atoms with Gasteiger partial charge < -0.3 is 10.1 Å². The van der Waals surface area contributed by atoms with Gasteiger partial charge >= 0.3 is 5.97 Å². The highest BCUT2D eigenvalue weighted by molar-refractivity contribution is 8.00. The summed E-state index contributed by atoms with van der Waals surface area (Å²) >= 11 is 7.54. The lowest BCUT2D eigenvalue weighted by Gasteiger charge is -2.55. The molecule has 1 amide bonds. The summed E-state index contributed by atoms with van der Waals surface area (Å²) in [5, 5.41) is 12.6. The number of nitrogens with one attached hydrogen (secondary N) is 1. The van der Waals surface area contributed by atoms with E-state index in [1.54, 1.807) is 19.9 Å². The molecule has 1 aromatic heterocycles. The molecule has 0 aliphatic heterocycles. The standard InChI is InChI=1S/C25H31ClN4O3S/c1-3-33-22(31)15(2)34-24-29-28-21(30(24)20-6-4-5-19(26)10-20)14-27-23(32)25-11-16-7-17(12-25)9-18(8-16)13-25/h4-6,10,15-18H,3,7-9,11-14H2,1-2H3,(H,27,32). The number of nitrogens with zero attached hydrogens (tertiary/aromatic N) is 3. The second-order valence-electron chi connectivity index (χ2n) is 10.1. The fourth-order valence-electron chi connectivity index (χ4n) is 6.57. The zero-order chi connectivity index (χ0) is 23.9. The number of hydrogen-bond acceptors (Lipinski definition) is 6. The lowest BCUT2D eigenvalue weighted by molar-refractivity contribution is -0.146. The number of carbonyl (C=O) groups is 2. The number of benzene rings is 1. The number of thioether (sulfide) groups is 1. The summed E-state index contributed by atoms with van der Waals surface area (Å²) < 4.78 is 7.02. The van der Waals surface area contributed by atoms with Crippen molar-refractivity contribution in [3.63, 3.8) is 0 Å². The molecule has 0 saturated heterocycles. The Balaban J connectivity index is 1.36. The summed E-state index contributed by atoms with van der Waals surface area (Å²) in [5.74, 6) is 2.59. The maximum atomic E-state index is 13.5. The molecular formula is C25H31ClN4O3S. The molecule has 4 saturated carbocycles.